The van der Waals surface area contributed by atoms with Crippen molar-refractivity contribution in [3.63, 3.8) is 0 Å². The van der Waals surface area contributed by atoms with Gasteiger partial charge in [0.2, 0.25) is 0 Å². The smallest absolute Gasteiger partial charge is 0.416 e. The van der Waals surface area contributed by atoms with Gasteiger partial charge in [0.25, 0.3) is 0 Å². The molecule has 1 aliphatic rings. The molecule has 2 aromatic rings. The first-order valence-corrected chi connectivity index (χ1v) is 7.83. The van der Waals surface area contributed by atoms with Crippen LogP contribution in [0.1, 0.15) is 42.9 Å². The Balaban J connectivity index is 2.14. The molecule has 3 rings (SSSR count). The molecule has 1 aliphatic heterocycles. The highest BCUT2D eigenvalue weighted by molar-refractivity contribution is 5.63. The van der Waals surface area contributed by atoms with Crippen LogP contribution in [0.25, 0.3) is 0 Å². The number of nitrogens with zero attached hydrogens (tertiary/aromatic N) is 1. The predicted molar refractivity (Wildman–Crippen MR) is 88.5 cm³/mol. The lowest BCUT2D eigenvalue weighted by Gasteiger charge is -2.46. The molecular formula is C19H20F3NO. The van der Waals surface area contributed by atoms with E-state index in [0.717, 1.165) is 17.3 Å². The Hall–Kier alpha value is -2.17. The van der Waals surface area contributed by atoms with Gasteiger partial charge in [0.15, 0.2) is 0 Å². The van der Waals surface area contributed by atoms with Crippen molar-refractivity contribution in [1.29, 1.82) is 0 Å². The number of phenols is 1. The van der Waals surface area contributed by atoms with Gasteiger partial charge in [-0.3, -0.25) is 0 Å². The van der Waals surface area contributed by atoms with E-state index in [9.17, 15) is 18.3 Å². The van der Waals surface area contributed by atoms with Gasteiger partial charge in [-0.25, -0.2) is 0 Å². The van der Waals surface area contributed by atoms with E-state index in [2.05, 4.69) is 18.7 Å². The molecular weight excluding hydrogens is 315 g/mol. The summed E-state index contributed by atoms with van der Waals surface area (Å²) in [7, 11) is 1.95. The zero-order valence-corrected chi connectivity index (χ0v) is 13.9. The standard InChI is InChI=1S/C19H20F3NO/c1-18(2)11-16(12-5-4-6-13(9-12)19(20,21)22)15-8-7-14(24)10-17(15)23(18)3/h4-10,16,24H,11H2,1-3H3. The van der Waals surface area contributed by atoms with Crippen LogP contribution in [-0.4, -0.2) is 17.7 Å². The average Bonchev–Trinajstić information content (AvgIpc) is 2.50. The minimum Gasteiger partial charge on any atom is -0.508 e. The molecule has 128 valence electrons. The molecule has 0 aliphatic carbocycles. The Labute approximate surface area is 139 Å². The Morgan fingerprint density at radius 3 is 2.50 bits per heavy atom. The van der Waals surface area contributed by atoms with Crippen molar-refractivity contribution in [2.45, 2.75) is 37.9 Å². The van der Waals surface area contributed by atoms with Crippen molar-refractivity contribution in [2.75, 3.05) is 11.9 Å². The molecule has 0 spiro atoms. The maximum absolute atomic E-state index is 13.1. The molecule has 0 amide bonds. The molecule has 0 radical (unpaired) electrons. The number of fused-ring (bicyclic) bond motifs is 1. The number of benzene rings is 2. The molecule has 0 aromatic heterocycles. The van der Waals surface area contributed by atoms with Gasteiger partial charge < -0.3 is 10.0 Å². The second-order valence-electron chi connectivity index (χ2n) is 6.99. The van der Waals surface area contributed by atoms with Crippen LogP contribution in [0.2, 0.25) is 0 Å². The molecule has 24 heavy (non-hydrogen) atoms. The van der Waals surface area contributed by atoms with E-state index in [1.54, 1.807) is 24.3 Å². The summed E-state index contributed by atoms with van der Waals surface area (Å²) >= 11 is 0. The van der Waals surface area contributed by atoms with Gasteiger partial charge >= 0.3 is 6.18 Å². The van der Waals surface area contributed by atoms with Crippen molar-refractivity contribution in [3.8, 4) is 5.75 Å². The third-order valence-corrected chi connectivity index (χ3v) is 4.98. The summed E-state index contributed by atoms with van der Waals surface area (Å²) < 4.78 is 39.2. The Morgan fingerprint density at radius 1 is 1.12 bits per heavy atom. The number of rotatable bonds is 1. The minimum absolute atomic E-state index is 0.144. The van der Waals surface area contributed by atoms with Crippen LogP contribution in [0.15, 0.2) is 42.5 Å². The van der Waals surface area contributed by atoms with Crippen LogP contribution < -0.4 is 4.90 Å². The fourth-order valence-corrected chi connectivity index (χ4v) is 3.42. The normalized spacial score (nSPS) is 19.9. The summed E-state index contributed by atoms with van der Waals surface area (Å²) in [5.74, 6) is 0.00944. The lowest BCUT2D eigenvalue weighted by Crippen LogP contribution is -2.46. The summed E-state index contributed by atoms with van der Waals surface area (Å²) in [4.78, 5) is 2.08. The Bertz CT molecular complexity index is 767. The maximum atomic E-state index is 13.1. The number of anilines is 1. The van der Waals surface area contributed by atoms with Crippen molar-refractivity contribution >= 4 is 5.69 Å². The molecule has 1 heterocycles. The Kier molecular flexibility index (Phi) is 3.78. The van der Waals surface area contributed by atoms with Gasteiger partial charge in [0.05, 0.1) is 5.56 Å². The molecule has 0 bridgehead atoms. The number of hydrogen-bond donors (Lipinski definition) is 1. The molecule has 1 unspecified atom stereocenters. The van der Waals surface area contributed by atoms with Crippen LogP contribution in [0.4, 0.5) is 18.9 Å². The van der Waals surface area contributed by atoms with Crippen molar-refractivity contribution in [3.05, 3.63) is 59.2 Å². The number of alkyl halides is 3. The number of halogens is 3. The highest BCUT2D eigenvalue weighted by atomic mass is 19.4. The van der Waals surface area contributed by atoms with E-state index >= 15 is 0 Å². The first-order valence-electron chi connectivity index (χ1n) is 7.83. The van der Waals surface area contributed by atoms with E-state index in [0.29, 0.717) is 12.0 Å². The molecule has 0 saturated heterocycles. The second-order valence-corrected chi connectivity index (χ2v) is 6.99. The minimum atomic E-state index is -4.35. The van der Waals surface area contributed by atoms with Gasteiger partial charge in [0, 0.05) is 30.3 Å². The predicted octanol–water partition coefficient (Wildman–Crippen LogP) is 5.16. The van der Waals surface area contributed by atoms with Gasteiger partial charge in [0.1, 0.15) is 5.75 Å². The monoisotopic (exact) mass is 335 g/mol. The van der Waals surface area contributed by atoms with Crippen molar-refractivity contribution in [2.24, 2.45) is 0 Å². The number of aromatic hydroxyl groups is 1. The van der Waals surface area contributed by atoms with Crippen LogP contribution >= 0.6 is 0 Å². The SMILES string of the molecule is CN1c2cc(O)ccc2C(c2cccc(C(F)(F)F)c2)CC1(C)C. The third kappa shape index (κ3) is 2.83. The largest absolute Gasteiger partial charge is 0.508 e. The topological polar surface area (TPSA) is 23.5 Å². The highest BCUT2D eigenvalue weighted by Crippen LogP contribution is 2.47. The van der Waals surface area contributed by atoms with E-state index in [-0.39, 0.29) is 17.2 Å². The van der Waals surface area contributed by atoms with Gasteiger partial charge in [-0.05, 0) is 43.5 Å². The second kappa shape index (κ2) is 5.43. The fourth-order valence-electron chi connectivity index (χ4n) is 3.42. The van der Waals surface area contributed by atoms with E-state index in [4.69, 9.17) is 0 Å². The van der Waals surface area contributed by atoms with Crippen molar-refractivity contribution in [1.82, 2.24) is 0 Å². The van der Waals surface area contributed by atoms with Crippen LogP contribution in [0.5, 0.6) is 5.75 Å². The van der Waals surface area contributed by atoms with Crippen LogP contribution in [-0.2, 0) is 6.18 Å². The summed E-state index contributed by atoms with van der Waals surface area (Å²) in [6, 6.07) is 10.6. The zero-order chi connectivity index (χ0) is 17.7. The molecule has 5 heteroatoms. The molecule has 0 saturated carbocycles. The van der Waals surface area contributed by atoms with Gasteiger partial charge in [-0.2, -0.15) is 13.2 Å². The number of hydrogen-bond acceptors (Lipinski definition) is 2. The zero-order valence-electron chi connectivity index (χ0n) is 13.9. The van der Waals surface area contributed by atoms with E-state index in [1.807, 2.05) is 7.05 Å². The van der Waals surface area contributed by atoms with Gasteiger partial charge in [-0.1, -0.05) is 24.3 Å². The maximum Gasteiger partial charge on any atom is 0.416 e. The summed E-state index contributed by atoms with van der Waals surface area (Å²) in [5, 5.41) is 9.81. The molecule has 2 aromatic carbocycles. The van der Waals surface area contributed by atoms with Gasteiger partial charge in [-0.15, -0.1) is 0 Å². The van der Waals surface area contributed by atoms with Crippen LogP contribution in [0.3, 0.4) is 0 Å². The molecule has 1 atom stereocenters. The number of phenolic OH excluding ortho intramolecular Hbond substituents is 1. The summed E-state index contributed by atoms with van der Waals surface area (Å²) in [5.41, 5.74) is 1.58. The lowest BCUT2D eigenvalue weighted by molar-refractivity contribution is -0.137. The van der Waals surface area contributed by atoms with E-state index < -0.39 is 11.7 Å². The first kappa shape index (κ1) is 16.7. The lowest BCUT2D eigenvalue weighted by atomic mass is 9.76. The highest BCUT2D eigenvalue weighted by Gasteiger charge is 2.38. The molecule has 2 nitrogen and oxygen atoms in total. The van der Waals surface area contributed by atoms with Crippen molar-refractivity contribution < 1.29 is 18.3 Å². The summed E-state index contributed by atoms with van der Waals surface area (Å²) in [6.45, 7) is 4.11. The van der Waals surface area contributed by atoms with E-state index in [1.165, 1.54) is 12.1 Å². The fraction of sp³-hybridized carbons (Fsp3) is 0.368. The van der Waals surface area contributed by atoms with Crippen LogP contribution in [0, 0.1) is 0 Å². The molecule has 0 fully saturated rings. The molecule has 1 N–H and O–H groups in total. The average molecular weight is 335 g/mol. The first-order chi connectivity index (χ1) is 11.1. The quantitative estimate of drug-likeness (QED) is 0.778. The Morgan fingerprint density at radius 2 is 1.83 bits per heavy atom. The summed E-state index contributed by atoms with van der Waals surface area (Å²) in [6.07, 6.45) is -3.66. The third-order valence-electron chi connectivity index (χ3n) is 4.98.